The molecule has 0 radical (unpaired) electrons. The number of halogens is 1. The average Bonchev–Trinajstić information content (AvgIpc) is 2.96. The summed E-state index contributed by atoms with van der Waals surface area (Å²) in [5, 5.41) is 0. The molecule has 5 rings (SSSR count). The maximum atomic E-state index is 2.50. The van der Waals surface area contributed by atoms with Crippen molar-refractivity contribution in [1.29, 1.82) is 0 Å². The van der Waals surface area contributed by atoms with Crippen LogP contribution in [0.15, 0.2) is 108 Å². The lowest BCUT2D eigenvalue weighted by atomic mass is 9.84. The van der Waals surface area contributed by atoms with Crippen molar-refractivity contribution in [3.8, 4) is 0 Å². The van der Waals surface area contributed by atoms with Gasteiger partial charge in [-0.1, -0.05) is 81.8 Å². The summed E-state index contributed by atoms with van der Waals surface area (Å²) in [6.07, 6.45) is 5.78. The molecule has 0 aromatic heterocycles. The number of rotatable bonds is 7. The Morgan fingerprint density at radius 3 is 1.71 bits per heavy atom. The quantitative estimate of drug-likeness (QED) is 0.145. The number of allylic oxidation sites excluding steroid dienone is 2. The molecule has 210 valence electrons. The molecule has 4 aromatic rings. The van der Waals surface area contributed by atoms with E-state index in [4.69, 9.17) is 0 Å². The third-order valence-electron chi connectivity index (χ3n) is 8.54. The highest BCUT2D eigenvalue weighted by atomic mass is 127. The van der Waals surface area contributed by atoms with E-state index in [1.807, 2.05) is 0 Å². The number of nitrogens with zero attached hydrogens (tertiary/aromatic N) is 2. The third-order valence-corrected chi connectivity index (χ3v) is 9.42. The van der Waals surface area contributed by atoms with Crippen LogP contribution >= 0.6 is 22.6 Å². The topological polar surface area (TPSA) is 6.48 Å². The number of aryl methyl sites for hydroxylation is 4. The lowest BCUT2D eigenvalue weighted by molar-refractivity contribution is 0.562. The molecule has 0 amide bonds. The van der Waals surface area contributed by atoms with Crippen LogP contribution in [0.3, 0.4) is 0 Å². The predicted octanol–water partition coefficient (Wildman–Crippen LogP) is 11.5. The van der Waals surface area contributed by atoms with Gasteiger partial charge >= 0.3 is 0 Å². The second-order valence-electron chi connectivity index (χ2n) is 11.8. The summed E-state index contributed by atoms with van der Waals surface area (Å²) in [6, 6.07) is 31.7. The number of anilines is 5. The van der Waals surface area contributed by atoms with E-state index in [0.29, 0.717) is 0 Å². The Morgan fingerprint density at radius 2 is 1.15 bits per heavy atom. The van der Waals surface area contributed by atoms with Crippen LogP contribution in [0.5, 0.6) is 0 Å². The van der Waals surface area contributed by atoms with Gasteiger partial charge < -0.3 is 9.80 Å². The maximum Gasteiger partial charge on any atom is 0.0645 e. The van der Waals surface area contributed by atoms with Gasteiger partial charge in [-0.05, 0) is 132 Å². The molecule has 1 atom stereocenters. The molecule has 0 bridgehead atoms. The molecule has 0 saturated carbocycles. The summed E-state index contributed by atoms with van der Waals surface area (Å²) in [6.45, 7) is 15.6. The minimum atomic E-state index is -0.167. The third kappa shape index (κ3) is 6.01. The predicted molar refractivity (Wildman–Crippen MR) is 187 cm³/mol. The number of hydrogen-bond acceptors (Lipinski definition) is 2. The summed E-state index contributed by atoms with van der Waals surface area (Å²) in [5.41, 5.74) is 15.0. The van der Waals surface area contributed by atoms with Gasteiger partial charge in [-0.3, -0.25) is 0 Å². The smallest absolute Gasteiger partial charge is 0.0645 e. The molecule has 4 aromatic carbocycles. The average molecular weight is 653 g/mol. The molecule has 41 heavy (non-hydrogen) atoms. The van der Waals surface area contributed by atoms with Crippen molar-refractivity contribution in [2.24, 2.45) is 0 Å². The zero-order valence-corrected chi connectivity index (χ0v) is 27.6. The zero-order chi connectivity index (χ0) is 29.3. The summed E-state index contributed by atoms with van der Waals surface area (Å²) in [7, 11) is 0. The minimum absolute atomic E-state index is 0.167. The first-order valence-electron chi connectivity index (χ1n) is 14.5. The molecular formula is C38H41IN2. The van der Waals surface area contributed by atoms with Crippen molar-refractivity contribution < 1.29 is 0 Å². The first kappa shape index (κ1) is 29.2. The summed E-state index contributed by atoms with van der Waals surface area (Å²) < 4.78 is 1.01. The Balaban J connectivity index is 1.62. The molecule has 3 heteroatoms. The molecule has 0 aliphatic heterocycles. The maximum absolute atomic E-state index is 2.50. The molecule has 0 heterocycles. The lowest BCUT2D eigenvalue weighted by Gasteiger charge is -2.43. The standard InChI is InChI=1S/C38H41IN2/c1-26-8-12-35(13-9-26)41(38(7)21-20-27(2)31(6)24-38)36-18-16-34(17-19-36)40(33-14-10-32(25-39)11-15-33)37-23-29(4)28(3)22-30(37)5/h8-20,22-24H,21,25H2,1-7H3. The first-order chi connectivity index (χ1) is 19.6. The minimum Gasteiger partial charge on any atom is -0.332 e. The van der Waals surface area contributed by atoms with E-state index in [0.717, 1.165) is 16.5 Å². The molecule has 1 unspecified atom stereocenters. The van der Waals surface area contributed by atoms with E-state index < -0.39 is 0 Å². The SMILES string of the molecule is CC1=CCC(C)(N(c2ccc(C)cc2)c2ccc(N(c3ccc(CI)cc3)c3cc(C)c(C)cc3C)cc2)C=C1C. The van der Waals surface area contributed by atoms with E-state index in [1.165, 1.54) is 61.7 Å². The largest absolute Gasteiger partial charge is 0.332 e. The molecule has 2 nitrogen and oxygen atoms in total. The van der Waals surface area contributed by atoms with Crippen LogP contribution in [0.25, 0.3) is 0 Å². The van der Waals surface area contributed by atoms with Gasteiger partial charge in [0.25, 0.3) is 0 Å². The van der Waals surface area contributed by atoms with Gasteiger partial charge in [-0.25, -0.2) is 0 Å². The van der Waals surface area contributed by atoms with E-state index in [-0.39, 0.29) is 5.54 Å². The fourth-order valence-electron chi connectivity index (χ4n) is 5.85. The monoisotopic (exact) mass is 652 g/mol. The van der Waals surface area contributed by atoms with Crippen molar-refractivity contribution >= 4 is 51.0 Å². The van der Waals surface area contributed by atoms with Crippen LogP contribution < -0.4 is 9.80 Å². The van der Waals surface area contributed by atoms with Crippen LogP contribution in [-0.2, 0) is 4.43 Å². The zero-order valence-electron chi connectivity index (χ0n) is 25.4. The summed E-state index contributed by atoms with van der Waals surface area (Å²) >= 11 is 2.43. The van der Waals surface area contributed by atoms with Crippen molar-refractivity contribution in [1.82, 2.24) is 0 Å². The first-order valence-corrected chi connectivity index (χ1v) is 16.0. The lowest BCUT2D eigenvalue weighted by Crippen LogP contribution is -2.42. The second kappa shape index (κ2) is 11.9. The van der Waals surface area contributed by atoms with Gasteiger partial charge in [0.2, 0.25) is 0 Å². The normalized spacial score (nSPS) is 16.7. The summed E-state index contributed by atoms with van der Waals surface area (Å²) in [4.78, 5) is 4.90. The fourth-order valence-corrected chi connectivity index (χ4v) is 6.36. The Hall–Kier alpha value is -3.31. The number of hydrogen-bond donors (Lipinski definition) is 0. The van der Waals surface area contributed by atoms with Crippen LogP contribution in [0, 0.1) is 27.7 Å². The fraction of sp³-hybridized carbons (Fsp3) is 0.263. The van der Waals surface area contributed by atoms with E-state index >= 15 is 0 Å². The van der Waals surface area contributed by atoms with E-state index in [9.17, 15) is 0 Å². The molecule has 0 N–H and O–H groups in total. The highest BCUT2D eigenvalue weighted by Gasteiger charge is 2.33. The van der Waals surface area contributed by atoms with Crippen LogP contribution in [0.1, 0.15) is 55.0 Å². The molecule has 0 fully saturated rings. The van der Waals surface area contributed by atoms with Crippen molar-refractivity contribution in [2.75, 3.05) is 9.80 Å². The van der Waals surface area contributed by atoms with Crippen molar-refractivity contribution in [2.45, 2.75) is 64.9 Å². The Morgan fingerprint density at radius 1 is 0.634 bits per heavy atom. The summed E-state index contributed by atoms with van der Waals surface area (Å²) in [5.74, 6) is 0. The van der Waals surface area contributed by atoms with Crippen molar-refractivity contribution in [3.63, 3.8) is 0 Å². The van der Waals surface area contributed by atoms with Gasteiger partial charge in [-0.2, -0.15) is 0 Å². The van der Waals surface area contributed by atoms with Crippen LogP contribution in [0.2, 0.25) is 0 Å². The van der Waals surface area contributed by atoms with Crippen LogP contribution in [-0.4, -0.2) is 5.54 Å². The van der Waals surface area contributed by atoms with E-state index in [1.54, 1.807) is 0 Å². The molecule has 1 aliphatic rings. The number of benzene rings is 4. The van der Waals surface area contributed by atoms with Gasteiger partial charge in [0.15, 0.2) is 0 Å². The molecule has 1 aliphatic carbocycles. The highest BCUT2D eigenvalue weighted by Crippen LogP contribution is 2.43. The van der Waals surface area contributed by atoms with Crippen LogP contribution in [0.4, 0.5) is 28.4 Å². The Kier molecular flexibility index (Phi) is 8.47. The van der Waals surface area contributed by atoms with Crippen molar-refractivity contribution in [3.05, 3.63) is 136 Å². The van der Waals surface area contributed by atoms with E-state index in [2.05, 4.69) is 178 Å². The van der Waals surface area contributed by atoms with Gasteiger partial charge in [0.1, 0.15) is 0 Å². The molecule has 0 spiro atoms. The van der Waals surface area contributed by atoms with Gasteiger partial charge in [0.05, 0.1) is 5.54 Å². The van der Waals surface area contributed by atoms with Gasteiger partial charge in [-0.15, -0.1) is 0 Å². The number of alkyl halides is 1. The second-order valence-corrected chi connectivity index (χ2v) is 12.6. The highest BCUT2D eigenvalue weighted by molar-refractivity contribution is 14.1. The molecule has 0 saturated heterocycles. The Labute approximate surface area is 260 Å². The van der Waals surface area contributed by atoms with Gasteiger partial charge in [0, 0.05) is 32.9 Å². The Bertz CT molecular complexity index is 1590. The molecular weight excluding hydrogens is 611 g/mol.